The van der Waals surface area contributed by atoms with Gasteiger partial charge in [0.25, 0.3) is 0 Å². The molecule has 0 spiro atoms. The first-order valence-electron chi connectivity index (χ1n) is 5.43. The van der Waals surface area contributed by atoms with Crippen molar-refractivity contribution >= 4 is 5.78 Å². The van der Waals surface area contributed by atoms with Crippen molar-refractivity contribution in [1.29, 1.82) is 0 Å². The number of nitrogens with zero attached hydrogens (tertiary/aromatic N) is 2. The first kappa shape index (κ1) is 10.4. The summed E-state index contributed by atoms with van der Waals surface area (Å²) in [5, 5.41) is 7.62. The molecule has 0 bridgehead atoms. The molecule has 2 rings (SSSR count). The average molecular weight is 207 g/mol. The van der Waals surface area contributed by atoms with Crippen molar-refractivity contribution < 1.29 is 4.79 Å². The lowest BCUT2D eigenvalue weighted by Gasteiger charge is -2.11. The molecule has 0 fully saturated rings. The molecule has 4 nitrogen and oxygen atoms in total. The second-order valence-electron chi connectivity index (χ2n) is 4.26. The van der Waals surface area contributed by atoms with Crippen LogP contribution >= 0.6 is 0 Å². The van der Waals surface area contributed by atoms with Gasteiger partial charge in [0.15, 0.2) is 5.78 Å². The lowest BCUT2D eigenvalue weighted by molar-refractivity contribution is 0.0993. The molecule has 0 aliphatic heterocycles. The van der Waals surface area contributed by atoms with E-state index < -0.39 is 0 Å². The van der Waals surface area contributed by atoms with Crippen molar-refractivity contribution in [3.8, 4) is 0 Å². The van der Waals surface area contributed by atoms with E-state index in [1.165, 1.54) is 0 Å². The summed E-state index contributed by atoms with van der Waals surface area (Å²) in [6, 6.07) is 0.312. The van der Waals surface area contributed by atoms with Gasteiger partial charge in [-0.25, -0.2) is 0 Å². The highest BCUT2D eigenvalue weighted by atomic mass is 16.1. The molecular formula is C11H17N3O. The first-order chi connectivity index (χ1) is 7.15. The van der Waals surface area contributed by atoms with E-state index in [9.17, 15) is 4.79 Å². The van der Waals surface area contributed by atoms with E-state index >= 15 is 0 Å². The molecule has 1 heterocycles. The monoisotopic (exact) mass is 207 g/mol. The number of aromatic nitrogens is 2. The van der Waals surface area contributed by atoms with Crippen molar-refractivity contribution in [3.63, 3.8) is 0 Å². The highest BCUT2D eigenvalue weighted by Gasteiger charge is 2.28. The second-order valence-corrected chi connectivity index (χ2v) is 4.26. The normalized spacial score (nSPS) is 15.1. The van der Waals surface area contributed by atoms with Crippen molar-refractivity contribution in [3.05, 3.63) is 17.0 Å². The van der Waals surface area contributed by atoms with E-state index in [1.54, 1.807) is 0 Å². The summed E-state index contributed by atoms with van der Waals surface area (Å²) in [4.78, 5) is 11.7. The van der Waals surface area contributed by atoms with E-state index in [2.05, 4.69) is 24.3 Å². The van der Waals surface area contributed by atoms with Gasteiger partial charge in [-0.3, -0.25) is 9.48 Å². The minimum atomic E-state index is 0.252. The quantitative estimate of drug-likeness (QED) is 0.813. The number of hydrogen-bond acceptors (Lipinski definition) is 3. The molecular weight excluding hydrogens is 190 g/mol. The minimum Gasteiger partial charge on any atom is -0.314 e. The topological polar surface area (TPSA) is 46.9 Å². The zero-order valence-electron chi connectivity index (χ0n) is 9.50. The van der Waals surface area contributed by atoms with E-state index in [-0.39, 0.29) is 5.78 Å². The number of hydrogen-bond donors (Lipinski definition) is 1. The summed E-state index contributed by atoms with van der Waals surface area (Å²) in [6.07, 6.45) is 1.44. The fraction of sp³-hybridized carbons (Fsp3) is 0.636. The highest BCUT2D eigenvalue weighted by Crippen LogP contribution is 2.26. The SMILES string of the molecule is CNCc1c2c(nn1C(C)C)CCC2=O. The number of carbonyl (C=O) groups is 1. The molecule has 1 aromatic heterocycles. The Labute approximate surface area is 89.7 Å². The lowest BCUT2D eigenvalue weighted by atomic mass is 10.1. The van der Waals surface area contributed by atoms with Gasteiger partial charge in [-0.05, 0) is 27.3 Å². The highest BCUT2D eigenvalue weighted by molar-refractivity contribution is 6.01. The second kappa shape index (κ2) is 3.77. The van der Waals surface area contributed by atoms with E-state index in [0.29, 0.717) is 19.0 Å². The zero-order chi connectivity index (χ0) is 11.0. The lowest BCUT2D eigenvalue weighted by Crippen LogP contribution is -2.16. The molecule has 1 aliphatic rings. The molecule has 15 heavy (non-hydrogen) atoms. The van der Waals surface area contributed by atoms with Gasteiger partial charge in [-0.15, -0.1) is 0 Å². The van der Waals surface area contributed by atoms with Crippen LogP contribution in [0.1, 0.15) is 48.1 Å². The number of rotatable bonds is 3. The predicted molar refractivity (Wildman–Crippen MR) is 58.0 cm³/mol. The average Bonchev–Trinajstić information content (AvgIpc) is 2.69. The smallest absolute Gasteiger partial charge is 0.167 e. The number of aryl methyl sites for hydroxylation is 1. The number of carbonyl (C=O) groups excluding carboxylic acids is 1. The van der Waals surface area contributed by atoms with Crippen molar-refractivity contribution in [2.45, 2.75) is 39.3 Å². The zero-order valence-corrected chi connectivity index (χ0v) is 9.50. The van der Waals surface area contributed by atoms with Crippen LogP contribution in [0.4, 0.5) is 0 Å². The Kier molecular flexibility index (Phi) is 2.61. The van der Waals surface area contributed by atoms with Crippen LogP contribution in [-0.2, 0) is 13.0 Å². The molecule has 82 valence electrons. The molecule has 1 aliphatic carbocycles. The van der Waals surface area contributed by atoms with Crippen molar-refractivity contribution in [2.24, 2.45) is 0 Å². The van der Waals surface area contributed by atoms with Gasteiger partial charge in [0.1, 0.15) is 0 Å². The molecule has 0 aromatic carbocycles. The third-order valence-corrected chi connectivity index (χ3v) is 2.78. The van der Waals surface area contributed by atoms with Crippen LogP contribution in [0, 0.1) is 0 Å². The number of nitrogens with one attached hydrogen (secondary N) is 1. The predicted octanol–water partition coefficient (Wildman–Crippen LogP) is 1.31. The van der Waals surface area contributed by atoms with E-state index in [1.807, 2.05) is 11.7 Å². The minimum absolute atomic E-state index is 0.252. The van der Waals surface area contributed by atoms with Crippen molar-refractivity contribution in [2.75, 3.05) is 7.05 Å². The van der Waals surface area contributed by atoms with Crippen LogP contribution in [0.15, 0.2) is 0 Å². The van der Waals surface area contributed by atoms with Crippen molar-refractivity contribution in [1.82, 2.24) is 15.1 Å². The molecule has 0 amide bonds. The van der Waals surface area contributed by atoms with E-state index in [4.69, 9.17) is 0 Å². The molecule has 1 aromatic rings. The summed E-state index contributed by atoms with van der Waals surface area (Å²) in [5.74, 6) is 0.252. The summed E-state index contributed by atoms with van der Waals surface area (Å²) in [5.41, 5.74) is 2.90. The van der Waals surface area contributed by atoms with Crippen LogP contribution in [0.3, 0.4) is 0 Å². The van der Waals surface area contributed by atoms with Gasteiger partial charge in [-0.2, -0.15) is 5.10 Å². The van der Waals surface area contributed by atoms with Crippen LogP contribution in [-0.4, -0.2) is 22.6 Å². The third-order valence-electron chi connectivity index (χ3n) is 2.78. The fourth-order valence-corrected chi connectivity index (χ4v) is 2.14. The largest absolute Gasteiger partial charge is 0.314 e. The molecule has 0 atom stereocenters. The molecule has 4 heteroatoms. The van der Waals surface area contributed by atoms with Crippen LogP contribution in [0.5, 0.6) is 0 Å². The van der Waals surface area contributed by atoms with Gasteiger partial charge < -0.3 is 5.32 Å². The molecule has 0 radical (unpaired) electrons. The molecule has 0 unspecified atom stereocenters. The van der Waals surface area contributed by atoms with Gasteiger partial charge >= 0.3 is 0 Å². The first-order valence-corrected chi connectivity index (χ1v) is 5.43. The van der Waals surface area contributed by atoms with Crippen LogP contribution < -0.4 is 5.32 Å². The van der Waals surface area contributed by atoms with E-state index in [0.717, 1.165) is 23.4 Å². The van der Waals surface area contributed by atoms with Crippen LogP contribution in [0.2, 0.25) is 0 Å². The molecule has 1 N–H and O–H groups in total. The molecule has 0 saturated heterocycles. The van der Waals surface area contributed by atoms with Gasteiger partial charge in [-0.1, -0.05) is 0 Å². The van der Waals surface area contributed by atoms with Gasteiger partial charge in [0.05, 0.1) is 17.0 Å². The summed E-state index contributed by atoms with van der Waals surface area (Å²) < 4.78 is 1.97. The Morgan fingerprint density at radius 1 is 1.47 bits per heavy atom. The number of ketones is 1. The maximum Gasteiger partial charge on any atom is 0.167 e. The Balaban J connectivity index is 2.50. The Morgan fingerprint density at radius 2 is 2.20 bits per heavy atom. The van der Waals surface area contributed by atoms with Gasteiger partial charge in [0.2, 0.25) is 0 Å². The maximum atomic E-state index is 11.7. The Bertz CT molecular complexity index is 393. The summed E-state index contributed by atoms with van der Waals surface area (Å²) in [7, 11) is 1.89. The molecule has 0 saturated carbocycles. The Morgan fingerprint density at radius 3 is 2.80 bits per heavy atom. The standard InChI is InChI=1S/C11H17N3O/c1-7(2)14-9(6-12-3)11-8(13-14)4-5-10(11)15/h7,12H,4-6H2,1-3H3. The summed E-state index contributed by atoms with van der Waals surface area (Å²) >= 11 is 0. The van der Waals surface area contributed by atoms with Gasteiger partial charge in [0, 0.05) is 19.0 Å². The van der Waals surface area contributed by atoms with Crippen LogP contribution in [0.25, 0.3) is 0 Å². The fourth-order valence-electron chi connectivity index (χ4n) is 2.14. The number of Topliss-reactive ketones (excluding diaryl/α,β-unsaturated/α-hetero) is 1. The summed E-state index contributed by atoms with van der Waals surface area (Å²) in [6.45, 7) is 4.89. The maximum absolute atomic E-state index is 11.7. The Hall–Kier alpha value is -1.16. The number of fused-ring (bicyclic) bond motifs is 1. The third kappa shape index (κ3) is 1.59.